The van der Waals surface area contributed by atoms with Crippen LogP contribution < -0.4 is 5.32 Å². The molecule has 1 amide bonds. The predicted molar refractivity (Wildman–Crippen MR) is 168 cm³/mol. The van der Waals surface area contributed by atoms with Gasteiger partial charge in [-0.25, -0.2) is 4.39 Å². The molecule has 5 rings (SSSR count). The van der Waals surface area contributed by atoms with E-state index >= 15 is 4.39 Å². The first-order chi connectivity index (χ1) is 20.4. The molecule has 0 aliphatic carbocycles. The fraction of sp³-hybridized carbons (Fsp3) is 0.257. The van der Waals surface area contributed by atoms with E-state index in [1.165, 1.54) is 0 Å². The number of nitrogens with one attached hydrogen (secondary N) is 2. The first-order valence-corrected chi connectivity index (χ1v) is 14.8. The number of aliphatic hydroxyl groups is 1. The van der Waals surface area contributed by atoms with Crippen LogP contribution in [0.15, 0.2) is 84.9 Å². The number of aliphatic hydroxyl groups excluding tert-OH is 1. The lowest BCUT2D eigenvalue weighted by molar-refractivity contribution is 0.0951. The molecule has 3 N–H and O–H groups in total. The van der Waals surface area contributed by atoms with Gasteiger partial charge in [0.1, 0.15) is 5.52 Å². The van der Waals surface area contributed by atoms with Gasteiger partial charge < -0.3 is 10.4 Å². The fourth-order valence-electron chi connectivity index (χ4n) is 5.62. The number of aryl methyl sites for hydroxylation is 1. The summed E-state index contributed by atoms with van der Waals surface area (Å²) in [7, 11) is 0. The van der Waals surface area contributed by atoms with Crippen LogP contribution in [-0.4, -0.2) is 34.4 Å². The lowest BCUT2D eigenvalue weighted by Crippen LogP contribution is -2.25. The Labute approximate surface area is 250 Å². The van der Waals surface area contributed by atoms with E-state index in [9.17, 15) is 4.79 Å². The lowest BCUT2D eigenvalue weighted by atomic mass is 9.76. The Bertz CT molecular complexity index is 1650. The van der Waals surface area contributed by atoms with Gasteiger partial charge in [0.2, 0.25) is 0 Å². The van der Waals surface area contributed by atoms with Crippen LogP contribution in [-0.2, 0) is 0 Å². The summed E-state index contributed by atoms with van der Waals surface area (Å²) in [6, 6.07) is 27.1. The van der Waals surface area contributed by atoms with Crippen molar-refractivity contribution in [3.8, 4) is 11.1 Å². The minimum atomic E-state index is -0.371. The number of H-pyrrole nitrogens is 1. The second-order valence-electron chi connectivity index (χ2n) is 10.7. The number of hydrogen-bond acceptors (Lipinski definition) is 3. The molecule has 5 aromatic rings. The summed E-state index contributed by atoms with van der Waals surface area (Å²) in [5.74, 6) is -0.708. The third kappa shape index (κ3) is 6.40. The number of carbonyl (C=O) groups excluding carboxylic acids is 1. The second kappa shape index (κ2) is 13.3. The van der Waals surface area contributed by atoms with Crippen LogP contribution in [0, 0.1) is 12.7 Å². The van der Waals surface area contributed by atoms with Gasteiger partial charge in [-0.2, -0.15) is 5.10 Å². The zero-order chi connectivity index (χ0) is 29.6. The lowest BCUT2D eigenvalue weighted by Gasteiger charge is -2.28. The normalized spacial score (nSPS) is 12.8. The Morgan fingerprint density at radius 1 is 0.976 bits per heavy atom. The number of aromatic amines is 1. The molecule has 1 heterocycles. The van der Waals surface area contributed by atoms with Crippen molar-refractivity contribution in [1.29, 1.82) is 0 Å². The molecule has 1 aromatic heterocycles. The van der Waals surface area contributed by atoms with Crippen LogP contribution in [0.25, 0.3) is 22.0 Å². The van der Waals surface area contributed by atoms with E-state index in [2.05, 4.69) is 22.4 Å². The molecule has 42 heavy (non-hydrogen) atoms. The number of benzene rings is 4. The average Bonchev–Trinajstić information content (AvgIpc) is 3.42. The van der Waals surface area contributed by atoms with Gasteiger partial charge in [-0.3, -0.25) is 9.89 Å². The van der Waals surface area contributed by atoms with E-state index in [4.69, 9.17) is 16.7 Å². The van der Waals surface area contributed by atoms with E-state index in [1.54, 1.807) is 6.07 Å². The van der Waals surface area contributed by atoms with Crippen molar-refractivity contribution in [2.75, 3.05) is 13.2 Å². The predicted octanol–water partition coefficient (Wildman–Crippen LogP) is 8.16. The van der Waals surface area contributed by atoms with Gasteiger partial charge in [-0.15, -0.1) is 0 Å². The number of aromatic nitrogens is 2. The van der Waals surface area contributed by atoms with E-state index in [1.807, 2.05) is 85.8 Å². The topological polar surface area (TPSA) is 78.0 Å². The number of fused-ring (bicyclic) bond motifs is 1. The Hall–Kier alpha value is -4.00. The van der Waals surface area contributed by atoms with Crippen LogP contribution in [0.2, 0.25) is 5.02 Å². The Balaban J connectivity index is 1.61. The molecule has 2 atom stereocenters. The number of halogens is 2. The highest BCUT2D eigenvalue weighted by Gasteiger charge is 2.30. The first-order valence-electron chi connectivity index (χ1n) is 14.4. The van der Waals surface area contributed by atoms with Gasteiger partial charge in [0.15, 0.2) is 5.82 Å². The molecule has 0 aliphatic rings. The number of carbonyl (C=O) groups is 1. The maximum absolute atomic E-state index is 15.5. The zero-order valence-corrected chi connectivity index (χ0v) is 24.6. The van der Waals surface area contributed by atoms with Crippen molar-refractivity contribution in [3.05, 3.63) is 124 Å². The zero-order valence-electron chi connectivity index (χ0n) is 23.8. The molecule has 7 heteroatoms. The Morgan fingerprint density at radius 3 is 2.33 bits per heavy atom. The third-order valence-electron chi connectivity index (χ3n) is 7.79. The quantitative estimate of drug-likeness (QED) is 0.137. The molecule has 0 bridgehead atoms. The Kier molecular flexibility index (Phi) is 9.35. The van der Waals surface area contributed by atoms with Crippen LogP contribution >= 0.6 is 11.6 Å². The van der Waals surface area contributed by atoms with E-state index in [-0.39, 0.29) is 30.2 Å². The molecule has 0 aliphatic heterocycles. The summed E-state index contributed by atoms with van der Waals surface area (Å²) < 4.78 is 15.5. The number of hydrogen-bond donors (Lipinski definition) is 3. The monoisotopic (exact) mass is 583 g/mol. The van der Waals surface area contributed by atoms with Gasteiger partial charge in [0.25, 0.3) is 5.91 Å². The first kappa shape index (κ1) is 29.5. The molecular formula is C35H35ClFN3O2. The third-order valence-corrected chi connectivity index (χ3v) is 8.04. The maximum Gasteiger partial charge on any atom is 0.251 e. The van der Waals surface area contributed by atoms with Gasteiger partial charge in [-0.1, -0.05) is 79.0 Å². The van der Waals surface area contributed by atoms with Crippen LogP contribution in [0.4, 0.5) is 4.39 Å². The summed E-state index contributed by atoms with van der Waals surface area (Å²) >= 11 is 6.29. The SMILES string of the molecule is CCCC(c1ccc(C(=O)NCCCO)cc1)C(c1ccc(Cl)cc1)c1[nH]nc2c(F)cc(-c3ccc(C)cc3)cc12. The number of rotatable bonds is 11. The summed E-state index contributed by atoms with van der Waals surface area (Å²) in [6.45, 7) is 4.63. The molecule has 2 unspecified atom stereocenters. The van der Waals surface area contributed by atoms with Crippen molar-refractivity contribution in [1.82, 2.24) is 15.5 Å². The molecule has 0 saturated heterocycles. The summed E-state index contributed by atoms with van der Waals surface area (Å²) in [6.07, 6.45) is 2.29. The fourth-order valence-corrected chi connectivity index (χ4v) is 5.74. The highest BCUT2D eigenvalue weighted by Crippen LogP contribution is 2.44. The number of amides is 1. The van der Waals surface area contributed by atoms with Crippen LogP contribution in [0.1, 0.15) is 70.8 Å². The minimum absolute atomic E-state index is 0.0115. The summed E-state index contributed by atoms with van der Waals surface area (Å²) in [4.78, 5) is 12.6. The van der Waals surface area contributed by atoms with Gasteiger partial charge in [-0.05, 0) is 84.3 Å². The molecule has 0 fully saturated rings. The molecule has 0 radical (unpaired) electrons. The smallest absolute Gasteiger partial charge is 0.251 e. The summed E-state index contributed by atoms with van der Waals surface area (Å²) in [5.41, 5.74) is 6.69. The van der Waals surface area contributed by atoms with Crippen molar-refractivity contribution < 1.29 is 14.3 Å². The van der Waals surface area contributed by atoms with Crippen LogP contribution in [0.5, 0.6) is 0 Å². The molecular weight excluding hydrogens is 549 g/mol. The van der Waals surface area contributed by atoms with Crippen molar-refractivity contribution in [2.24, 2.45) is 0 Å². The molecule has 4 aromatic carbocycles. The minimum Gasteiger partial charge on any atom is -0.396 e. The van der Waals surface area contributed by atoms with E-state index < -0.39 is 0 Å². The second-order valence-corrected chi connectivity index (χ2v) is 11.2. The number of nitrogens with zero attached hydrogens (tertiary/aromatic N) is 1. The summed E-state index contributed by atoms with van der Waals surface area (Å²) in [5, 5.41) is 20.9. The van der Waals surface area contributed by atoms with Crippen LogP contribution in [0.3, 0.4) is 0 Å². The largest absolute Gasteiger partial charge is 0.396 e. The maximum atomic E-state index is 15.5. The molecule has 216 valence electrons. The standard InChI is InChI=1S/C35H35ClFN3O2/c1-3-5-29(24-10-12-26(13-11-24)35(42)38-18-4-19-41)32(25-14-16-28(36)17-15-25)34-30-20-27(21-31(37)33(30)39-40-34)23-8-6-22(2)7-9-23/h6-17,20-21,29,32,41H,3-5,18-19H2,1-2H3,(H,38,42)(H,39,40). The highest BCUT2D eigenvalue weighted by atomic mass is 35.5. The highest BCUT2D eigenvalue weighted by molar-refractivity contribution is 6.30. The van der Waals surface area contributed by atoms with Gasteiger partial charge >= 0.3 is 0 Å². The molecule has 0 saturated carbocycles. The van der Waals surface area contributed by atoms with Crippen molar-refractivity contribution in [2.45, 2.75) is 44.9 Å². The van der Waals surface area contributed by atoms with Gasteiger partial charge in [0.05, 0.1) is 5.69 Å². The Morgan fingerprint density at radius 2 is 1.67 bits per heavy atom. The average molecular weight is 584 g/mol. The van der Waals surface area contributed by atoms with Crippen molar-refractivity contribution in [3.63, 3.8) is 0 Å². The van der Waals surface area contributed by atoms with Crippen molar-refractivity contribution >= 4 is 28.4 Å². The van der Waals surface area contributed by atoms with E-state index in [0.717, 1.165) is 51.7 Å². The molecule has 0 spiro atoms. The molecule has 5 nitrogen and oxygen atoms in total. The van der Waals surface area contributed by atoms with E-state index in [0.29, 0.717) is 29.1 Å². The van der Waals surface area contributed by atoms with Gasteiger partial charge in [0, 0.05) is 35.0 Å².